The minimum Gasteiger partial charge on any atom is -0.413 e. The minimum atomic E-state index is -1.86. The first kappa shape index (κ1) is 15.4. The van der Waals surface area contributed by atoms with Crippen molar-refractivity contribution in [3.63, 3.8) is 0 Å². The normalized spacial score (nSPS) is 39.8. The summed E-state index contributed by atoms with van der Waals surface area (Å²) >= 11 is 0. The molecule has 3 fully saturated rings. The number of ketones is 2. The molecule has 0 unspecified atom stereocenters. The van der Waals surface area contributed by atoms with Crippen LogP contribution in [-0.4, -0.2) is 26.0 Å². The number of carbonyl (C=O) groups is 2. The Labute approximate surface area is 129 Å². The smallest absolute Gasteiger partial charge is 0.192 e. The van der Waals surface area contributed by atoms with Crippen molar-refractivity contribution >= 4 is 19.9 Å². The van der Waals surface area contributed by atoms with Crippen LogP contribution in [0.1, 0.15) is 52.9 Å². The molecule has 1 spiro atoms. The van der Waals surface area contributed by atoms with Crippen molar-refractivity contribution in [3.8, 4) is 0 Å². The van der Waals surface area contributed by atoms with Gasteiger partial charge in [-0.3, -0.25) is 9.59 Å². The zero-order chi connectivity index (χ0) is 15.6. The van der Waals surface area contributed by atoms with E-state index >= 15 is 0 Å². The Bertz CT molecular complexity index is 491. The van der Waals surface area contributed by atoms with Crippen LogP contribution in [0.2, 0.25) is 18.1 Å². The van der Waals surface area contributed by atoms with E-state index in [2.05, 4.69) is 33.9 Å². The van der Waals surface area contributed by atoms with E-state index in [9.17, 15) is 9.59 Å². The monoisotopic (exact) mass is 308 g/mol. The molecule has 0 aromatic carbocycles. The highest BCUT2D eigenvalue weighted by molar-refractivity contribution is 6.74. The SMILES string of the molecule is CC(C)(C)[Si](C)(C)O[C@@H]1CC[C@@]23CC(=O)C[C@H]2CC(=O)[C@@H]13. The van der Waals surface area contributed by atoms with Gasteiger partial charge in [0.25, 0.3) is 0 Å². The van der Waals surface area contributed by atoms with Crippen molar-refractivity contribution in [2.24, 2.45) is 17.3 Å². The van der Waals surface area contributed by atoms with Crippen molar-refractivity contribution in [3.05, 3.63) is 0 Å². The number of carbonyl (C=O) groups excluding carboxylic acids is 2. The molecule has 0 amide bonds. The molecule has 21 heavy (non-hydrogen) atoms. The standard InChI is InChI=1S/C17H28O3Si/c1-16(2,3)21(4,5)20-14-6-7-17-10-12(18)8-11(17)9-13(19)15(14)17/h11,14-15H,6-10H2,1-5H3/t11-,14+,15-,17+/m0/s1. The van der Waals surface area contributed by atoms with E-state index in [0.29, 0.717) is 36.7 Å². The molecular formula is C17H28O3Si. The van der Waals surface area contributed by atoms with E-state index in [4.69, 9.17) is 4.43 Å². The van der Waals surface area contributed by atoms with Gasteiger partial charge >= 0.3 is 0 Å². The predicted octanol–water partition coefficient (Wildman–Crippen LogP) is 3.73. The third-order valence-corrected chi connectivity index (χ3v) is 11.2. The highest BCUT2D eigenvalue weighted by Gasteiger charge is 2.65. The fraction of sp³-hybridized carbons (Fsp3) is 0.882. The second-order valence-corrected chi connectivity index (χ2v) is 13.7. The number of hydrogen-bond donors (Lipinski definition) is 0. The first-order chi connectivity index (χ1) is 9.57. The zero-order valence-corrected chi connectivity index (χ0v) is 15.0. The molecule has 3 nitrogen and oxygen atoms in total. The molecule has 0 saturated heterocycles. The van der Waals surface area contributed by atoms with Gasteiger partial charge < -0.3 is 4.43 Å². The van der Waals surface area contributed by atoms with Gasteiger partial charge in [0, 0.05) is 25.2 Å². The van der Waals surface area contributed by atoms with E-state index in [1.54, 1.807) is 0 Å². The third-order valence-electron chi connectivity index (χ3n) is 6.75. The van der Waals surface area contributed by atoms with Crippen molar-refractivity contribution in [1.82, 2.24) is 0 Å². The molecule has 0 aromatic rings. The summed E-state index contributed by atoms with van der Waals surface area (Å²) < 4.78 is 6.59. The molecule has 0 bridgehead atoms. The number of rotatable bonds is 2. The maximum Gasteiger partial charge on any atom is 0.192 e. The molecule has 3 aliphatic carbocycles. The van der Waals surface area contributed by atoms with Crippen molar-refractivity contribution < 1.29 is 14.0 Å². The summed E-state index contributed by atoms with van der Waals surface area (Å²) in [6.45, 7) is 11.2. The Morgan fingerprint density at radius 3 is 2.48 bits per heavy atom. The van der Waals surface area contributed by atoms with Gasteiger partial charge in [-0.1, -0.05) is 20.8 Å². The molecule has 4 heteroatoms. The quantitative estimate of drug-likeness (QED) is 0.730. The summed E-state index contributed by atoms with van der Waals surface area (Å²) in [4.78, 5) is 24.4. The van der Waals surface area contributed by atoms with Crippen molar-refractivity contribution in [2.75, 3.05) is 0 Å². The van der Waals surface area contributed by atoms with Gasteiger partial charge in [-0.15, -0.1) is 0 Å². The van der Waals surface area contributed by atoms with Crippen LogP contribution < -0.4 is 0 Å². The molecule has 0 aromatic heterocycles. The second kappa shape index (κ2) is 4.51. The zero-order valence-electron chi connectivity index (χ0n) is 14.0. The fourth-order valence-electron chi connectivity index (χ4n) is 4.68. The fourth-order valence-corrected chi connectivity index (χ4v) is 6.04. The van der Waals surface area contributed by atoms with Crippen LogP contribution in [-0.2, 0) is 14.0 Å². The van der Waals surface area contributed by atoms with Gasteiger partial charge in [0.2, 0.25) is 0 Å². The van der Waals surface area contributed by atoms with Gasteiger partial charge in [-0.05, 0) is 42.3 Å². The van der Waals surface area contributed by atoms with Crippen LogP contribution in [0.3, 0.4) is 0 Å². The summed E-state index contributed by atoms with van der Waals surface area (Å²) in [5.74, 6) is 1.05. The van der Waals surface area contributed by atoms with Crippen molar-refractivity contribution in [2.45, 2.75) is 77.1 Å². The first-order valence-electron chi connectivity index (χ1n) is 8.29. The van der Waals surface area contributed by atoms with Gasteiger partial charge in [0.15, 0.2) is 8.32 Å². The van der Waals surface area contributed by atoms with E-state index in [1.165, 1.54) is 0 Å². The Morgan fingerprint density at radius 1 is 1.19 bits per heavy atom. The molecule has 3 saturated carbocycles. The lowest BCUT2D eigenvalue weighted by atomic mass is 9.75. The molecule has 0 N–H and O–H groups in total. The van der Waals surface area contributed by atoms with Gasteiger partial charge in [0.05, 0.1) is 6.10 Å². The van der Waals surface area contributed by atoms with Gasteiger partial charge in [-0.2, -0.15) is 0 Å². The highest BCUT2D eigenvalue weighted by atomic mass is 28.4. The summed E-state index contributed by atoms with van der Waals surface area (Å²) in [5.41, 5.74) is -0.0266. The lowest BCUT2D eigenvalue weighted by Gasteiger charge is -2.40. The molecule has 0 radical (unpaired) electrons. The maximum absolute atomic E-state index is 12.5. The molecule has 3 aliphatic rings. The Morgan fingerprint density at radius 2 is 1.86 bits per heavy atom. The van der Waals surface area contributed by atoms with Crippen LogP contribution in [0.5, 0.6) is 0 Å². The molecule has 4 atom stereocenters. The molecule has 0 heterocycles. The number of hydrogen-bond acceptors (Lipinski definition) is 3. The summed E-state index contributed by atoms with van der Waals surface area (Å²) in [5, 5.41) is 0.162. The number of Topliss-reactive ketones (excluding diaryl/α,β-unsaturated/α-hetero) is 2. The molecule has 3 rings (SSSR count). The van der Waals surface area contributed by atoms with Gasteiger partial charge in [0.1, 0.15) is 11.6 Å². The van der Waals surface area contributed by atoms with Crippen LogP contribution in [0.4, 0.5) is 0 Å². The summed E-state index contributed by atoms with van der Waals surface area (Å²) in [6, 6.07) is 0. The maximum atomic E-state index is 12.5. The van der Waals surface area contributed by atoms with Crippen LogP contribution in [0.25, 0.3) is 0 Å². The average molecular weight is 308 g/mol. The van der Waals surface area contributed by atoms with Gasteiger partial charge in [-0.25, -0.2) is 0 Å². The highest BCUT2D eigenvalue weighted by Crippen LogP contribution is 2.63. The predicted molar refractivity (Wildman–Crippen MR) is 84.6 cm³/mol. The molecule has 118 valence electrons. The van der Waals surface area contributed by atoms with E-state index < -0.39 is 8.32 Å². The van der Waals surface area contributed by atoms with E-state index in [0.717, 1.165) is 12.8 Å². The Balaban J connectivity index is 1.84. The van der Waals surface area contributed by atoms with E-state index in [1.807, 2.05) is 0 Å². The molecule has 0 aliphatic heterocycles. The molecular weight excluding hydrogens is 280 g/mol. The lowest BCUT2D eigenvalue weighted by molar-refractivity contribution is -0.125. The Kier molecular flexibility index (Phi) is 3.31. The Hall–Kier alpha value is -0.483. The second-order valence-electron chi connectivity index (χ2n) is 8.95. The largest absolute Gasteiger partial charge is 0.413 e. The first-order valence-corrected chi connectivity index (χ1v) is 11.2. The lowest BCUT2D eigenvalue weighted by Crippen LogP contribution is -2.46. The topological polar surface area (TPSA) is 43.4 Å². The van der Waals surface area contributed by atoms with E-state index in [-0.39, 0.29) is 22.5 Å². The van der Waals surface area contributed by atoms with Crippen LogP contribution in [0.15, 0.2) is 0 Å². The average Bonchev–Trinajstić information content (AvgIpc) is 2.86. The summed E-state index contributed by atoms with van der Waals surface area (Å²) in [6.07, 6.45) is 3.93. The van der Waals surface area contributed by atoms with Crippen LogP contribution in [0, 0.1) is 17.3 Å². The third kappa shape index (κ3) is 2.17. The van der Waals surface area contributed by atoms with Crippen molar-refractivity contribution in [1.29, 1.82) is 0 Å². The minimum absolute atomic E-state index is 0.00285. The van der Waals surface area contributed by atoms with Crippen LogP contribution >= 0.6 is 0 Å². The summed E-state index contributed by atoms with van der Waals surface area (Å²) in [7, 11) is -1.86.